The molecule has 92 valence electrons. The summed E-state index contributed by atoms with van der Waals surface area (Å²) in [4.78, 5) is 4.36. The van der Waals surface area contributed by atoms with Crippen molar-refractivity contribution in [2.45, 2.75) is 33.4 Å². The lowest BCUT2D eigenvalue weighted by Gasteiger charge is -2.09. The molecule has 0 spiro atoms. The molecule has 1 aromatic carbocycles. The summed E-state index contributed by atoms with van der Waals surface area (Å²) in [6.07, 6.45) is 0.244. The Morgan fingerprint density at radius 2 is 2.18 bits per heavy atom. The van der Waals surface area contributed by atoms with Gasteiger partial charge in [0.15, 0.2) is 0 Å². The van der Waals surface area contributed by atoms with Crippen molar-refractivity contribution in [3.8, 4) is 0 Å². The van der Waals surface area contributed by atoms with Crippen LogP contribution >= 0.6 is 0 Å². The van der Waals surface area contributed by atoms with Gasteiger partial charge in [0, 0.05) is 6.54 Å². The third-order valence-corrected chi connectivity index (χ3v) is 2.70. The van der Waals surface area contributed by atoms with Crippen molar-refractivity contribution < 1.29 is 4.74 Å². The third-order valence-electron chi connectivity index (χ3n) is 2.70. The molecule has 17 heavy (non-hydrogen) atoms. The van der Waals surface area contributed by atoms with E-state index in [1.165, 1.54) is 5.56 Å². The summed E-state index contributed by atoms with van der Waals surface area (Å²) in [6, 6.07) is 6.18. The van der Waals surface area contributed by atoms with Crippen LogP contribution in [0.5, 0.6) is 0 Å². The summed E-state index contributed by atoms with van der Waals surface area (Å²) >= 11 is 0. The number of nitrogens with zero attached hydrogens (tertiary/aromatic N) is 2. The average Bonchev–Trinajstić information content (AvgIpc) is 2.54. The molecule has 2 rings (SSSR count). The Bertz CT molecular complexity index is 517. The van der Waals surface area contributed by atoms with Crippen molar-refractivity contribution in [2.24, 2.45) is 0 Å². The van der Waals surface area contributed by atoms with E-state index < -0.39 is 0 Å². The van der Waals surface area contributed by atoms with Crippen molar-refractivity contribution in [1.29, 1.82) is 0 Å². The zero-order valence-corrected chi connectivity index (χ0v) is 10.6. The molecule has 2 aromatic rings. The van der Waals surface area contributed by atoms with E-state index in [1.54, 1.807) is 0 Å². The molecule has 0 aliphatic carbocycles. The molecular formula is C13H19N3O. The van der Waals surface area contributed by atoms with Crippen molar-refractivity contribution >= 4 is 17.0 Å². The van der Waals surface area contributed by atoms with Gasteiger partial charge in [-0.1, -0.05) is 6.07 Å². The minimum atomic E-state index is 0.244. The molecule has 2 N–H and O–H groups in total. The molecule has 0 aliphatic rings. The van der Waals surface area contributed by atoms with Gasteiger partial charge in [-0.15, -0.1) is 0 Å². The van der Waals surface area contributed by atoms with Crippen molar-refractivity contribution in [1.82, 2.24) is 9.55 Å². The Balaban J connectivity index is 2.24. The molecule has 0 fully saturated rings. The molecule has 0 radical (unpaired) electrons. The van der Waals surface area contributed by atoms with Crippen LogP contribution in [-0.2, 0) is 11.3 Å². The summed E-state index contributed by atoms with van der Waals surface area (Å²) in [5.41, 5.74) is 9.13. The highest BCUT2D eigenvalue weighted by Crippen LogP contribution is 2.18. The lowest BCUT2D eigenvalue weighted by molar-refractivity contribution is 0.0735. The Morgan fingerprint density at radius 1 is 1.41 bits per heavy atom. The van der Waals surface area contributed by atoms with Crippen LogP contribution in [0, 0.1) is 6.92 Å². The van der Waals surface area contributed by atoms with Crippen LogP contribution < -0.4 is 5.73 Å². The summed E-state index contributed by atoms with van der Waals surface area (Å²) in [6.45, 7) is 7.50. The van der Waals surface area contributed by atoms with Gasteiger partial charge in [-0.3, -0.25) is 0 Å². The van der Waals surface area contributed by atoms with Gasteiger partial charge in [-0.05, 0) is 38.5 Å². The monoisotopic (exact) mass is 233 g/mol. The lowest BCUT2D eigenvalue weighted by Crippen LogP contribution is -2.12. The van der Waals surface area contributed by atoms with E-state index in [0.717, 1.165) is 17.6 Å². The van der Waals surface area contributed by atoms with Gasteiger partial charge in [0.1, 0.15) is 0 Å². The first-order valence-electron chi connectivity index (χ1n) is 5.92. The first kappa shape index (κ1) is 11.9. The molecule has 4 heteroatoms. The predicted molar refractivity (Wildman–Crippen MR) is 70.0 cm³/mol. The SMILES string of the molecule is Cc1ccc2c(c1)nc(N)n2CCOC(C)C. The highest BCUT2D eigenvalue weighted by Gasteiger charge is 2.07. The topological polar surface area (TPSA) is 53.1 Å². The highest BCUT2D eigenvalue weighted by atomic mass is 16.5. The summed E-state index contributed by atoms with van der Waals surface area (Å²) in [5.74, 6) is 0.554. The number of anilines is 1. The van der Waals surface area contributed by atoms with E-state index in [2.05, 4.69) is 24.0 Å². The van der Waals surface area contributed by atoms with Gasteiger partial charge in [-0.2, -0.15) is 0 Å². The summed E-state index contributed by atoms with van der Waals surface area (Å²) in [7, 11) is 0. The largest absolute Gasteiger partial charge is 0.377 e. The predicted octanol–water partition coefficient (Wildman–Crippen LogP) is 2.35. The number of fused-ring (bicyclic) bond motifs is 1. The number of aromatic nitrogens is 2. The zero-order valence-electron chi connectivity index (χ0n) is 10.6. The summed E-state index contributed by atoms with van der Waals surface area (Å²) in [5, 5.41) is 0. The van der Waals surface area contributed by atoms with E-state index in [0.29, 0.717) is 12.6 Å². The number of ether oxygens (including phenoxy) is 1. The first-order chi connectivity index (χ1) is 8.08. The van der Waals surface area contributed by atoms with Crippen molar-refractivity contribution in [3.63, 3.8) is 0 Å². The number of imidazole rings is 1. The number of nitrogens with two attached hydrogens (primary N) is 1. The molecule has 0 saturated carbocycles. The number of nitrogen functional groups attached to an aromatic ring is 1. The fourth-order valence-electron chi connectivity index (χ4n) is 1.87. The summed E-state index contributed by atoms with van der Waals surface area (Å²) < 4.78 is 7.54. The molecule has 1 heterocycles. The van der Waals surface area contributed by atoms with Crippen molar-refractivity contribution in [2.75, 3.05) is 12.3 Å². The van der Waals surface area contributed by atoms with Crippen LogP contribution in [0.4, 0.5) is 5.95 Å². The van der Waals surface area contributed by atoms with Gasteiger partial charge < -0.3 is 15.0 Å². The van der Waals surface area contributed by atoms with E-state index in [1.807, 2.05) is 24.5 Å². The van der Waals surface area contributed by atoms with E-state index in [4.69, 9.17) is 10.5 Å². The molecule has 1 aromatic heterocycles. The highest BCUT2D eigenvalue weighted by molar-refractivity contribution is 5.79. The maximum Gasteiger partial charge on any atom is 0.201 e. The normalized spacial score (nSPS) is 11.5. The molecule has 0 aliphatic heterocycles. The second kappa shape index (κ2) is 4.75. The van der Waals surface area contributed by atoms with Gasteiger partial charge in [0.2, 0.25) is 5.95 Å². The van der Waals surface area contributed by atoms with E-state index >= 15 is 0 Å². The third kappa shape index (κ3) is 2.58. The molecular weight excluding hydrogens is 214 g/mol. The van der Waals surface area contributed by atoms with Gasteiger partial charge in [0.25, 0.3) is 0 Å². The smallest absolute Gasteiger partial charge is 0.201 e. The van der Waals surface area contributed by atoms with E-state index in [9.17, 15) is 0 Å². The molecule has 4 nitrogen and oxygen atoms in total. The fourth-order valence-corrected chi connectivity index (χ4v) is 1.87. The number of benzene rings is 1. The molecule has 0 amide bonds. The lowest BCUT2D eigenvalue weighted by atomic mass is 10.2. The van der Waals surface area contributed by atoms with Gasteiger partial charge in [-0.25, -0.2) is 4.98 Å². The van der Waals surface area contributed by atoms with Crippen LogP contribution in [0.25, 0.3) is 11.0 Å². The molecule has 0 saturated heterocycles. The number of hydrogen-bond donors (Lipinski definition) is 1. The minimum absolute atomic E-state index is 0.244. The second-order valence-electron chi connectivity index (χ2n) is 4.53. The average molecular weight is 233 g/mol. The molecule has 0 unspecified atom stereocenters. The Labute approximate surface area is 101 Å². The van der Waals surface area contributed by atoms with Crippen LogP contribution in [0.15, 0.2) is 18.2 Å². The number of aryl methyl sites for hydroxylation is 1. The maximum absolute atomic E-state index is 5.92. The number of hydrogen-bond acceptors (Lipinski definition) is 3. The van der Waals surface area contributed by atoms with E-state index in [-0.39, 0.29) is 6.10 Å². The Morgan fingerprint density at radius 3 is 2.88 bits per heavy atom. The van der Waals surface area contributed by atoms with Crippen LogP contribution in [0.3, 0.4) is 0 Å². The quantitative estimate of drug-likeness (QED) is 0.882. The molecule has 0 bridgehead atoms. The standard InChI is InChI=1S/C13H19N3O/c1-9(2)17-7-6-16-12-5-4-10(3)8-11(12)15-13(16)14/h4-5,8-9H,6-7H2,1-3H3,(H2,14,15). The Hall–Kier alpha value is -1.55. The van der Waals surface area contributed by atoms with Crippen molar-refractivity contribution in [3.05, 3.63) is 23.8 Å². The van der Waals surface area contributed by atoms with Crippen LogP contribution in [0.2, 0.25) is 0 Å². The maximum atomic E-state index is 5.92. The number of rotatable bonds is 4. The first-order valence-corrected chi connectivity index (χ1v) is 5.92. The zero-order chi connectivity index (χ0) is 12.4. The van der Waals surface area contributed by atoms with Crippen LogP contribution in [0.1, 0.15) is 19.4 Å². The fraction of sp³-hybridized carbons (Fsp3) is 0.462. The molecule has 0 atom stereocenters. The minimum Gasteiger partial charge on any atom is -0.377 e. The Kier molecular flexibility index (Phi) is 3.33. The second-order valence-corrected chi connectivity index (χ2v) is 4.53. The van der Waals surface area contributed by atoms with Crippen LogP contribution in [-0.4, -0.2) is 22.3 Å². The van der Waals surface area contributed by atoms with Gasteiger partial charge >= 0.3 is 0 Å². The van der Waals surface area contributed by atoms with Gasteiger partial charge in [0.05, 0.1) is 23.7 Å².